The Morgan fingerprint density at radius 3 is 2.25 bits per heavy atom. The molecule has 0 aromatic carbocycles. The summed E-state index contributed by atoms with van der Waals surface area (Å²) in [6.07, 6.45) is 0.415. The maximum Gasteiger partial charge on any atom is 0.306 e. The van der Waals surface area contributed by atoms with Crippen LogP contribution in [-0.4, -0.2) is 29.6 Å². The quantitative estimate of drug-likeness (QED) is 0.644. The fourth-order valence-corrected chi connectivity index (χ4v) is 1.04. The van der Waals surface area contributed by atoms with Crippen LogP contribution in [-0.2, 0) is 9.59 Å². The summed E-state index contributed by atoms with van der Waals surface area (Å²) in [5.41, 5.74) is 5.45. The molecule has 5 nitrogen and oxygen atoms in total. The summed E-state index contributed by atoms with van der Waals surface area (Å²) in [7, 11) is 0. The Labute approximate surface area is 96.4 Å². The summed E-state index contributed by atoms with van der Waals surface area (Å²) in [6.45, 7) is 7.61. The zero-order chi connectivity index (χ0) is 12.9. The molecular weight excluding hydrogens is 208 g/mol. The lowest BCUT2D eigenvalue weighted by Gasteiger charge is -2.25. The second-order valence-electron chi connectivity index (χ2n) is 5.16. The number of hydrogen-bond donors (Lipinski definition) is 3. The minimum Gasteiger partial charge on any atom is -0.481 e. The molecule has 0 aliphatic heterocycles. The van der Waals surface area contributed by atoms with E-state index in [0.29, 0.717) is 13.0 Å². The van der Waals surface area contributed by atoms with Crippen molar-refractivity contribution in [1.82, 2.24) is 5.32 Å². The summed E-state index contributed by atoms with van der Waals surface area (Å²) in [5.74, 6) is -1.54. The molecule has 1 amide bonds. The Morgan fingerprint density at radius 2 is 1.88 bits per heavy atom. The molecule has 0 aliphatic carbocycles. The largest absolute Gasteiger partial charge is 0.481 e. The van der Waals surface area contributed by atoms with Gasteiger partial charge in [-0.2, -0.15) is 0 Å². The van der Waals surface area contributed by atoms with Crippen LogP contribution in [0.3, 0.4) is 0 Å². The molecule has 0 bridgehead atoms. The fraction of sp³-hybridized carbons (Fsp3) is 0.818. The smallest absolute Gasteiger partial charge is 0.306 e. The minimum absolute atomic E-state index is 0.231. The van der Waals surface area contributed by atoms with Crippen molar-refractivity contribution >= 4 is 11.9 Å². The highest BCUT2D eigenvalue weighted by Crippen LogP contribution is 2.17. The van der Waals surface area contributed by atoms with Crippen molar-refractivity contribution in [2.75, 3.05) is 6.54 Å². The number of nitrogens with two attached hydrogens (primary N) is 1. The Hall–Kier alpha value is -1.10. The van der Waals surface area contributed by atoms with Gasteiger partial charge in [0.1, 0.15) is 0 Å². The van der Waals surface area contributed by atoms with E-state index in [1.54, 1.807) is 6.92 Å². The monoisotopic (exact) mass is 230 g/mol. The number of carbonyl (C=O) groups is 2. The third-order valence-electron chi connectivity index (χ3n) is 2.51. The number of aliphatic carboxylic acids is 1. The van der Waals surface area contributed by atoms with Gasteiger partial charge in [0.05, 0.1) is 12.0 Å². The van der Waals surface area contributed by atoms with Crippen molar-refractivity contribution in [2.24, 2.45) is 17.1 Å². The summed E-state index contributed by atoms with van der Waals surface area (Å²) >= 11 is 0. The van der Waals surface area contributed by atoms with Gasteiger partial charge in [-0.25, -0.2) is 0 Å². The molecule has 0 spiro atoms. The van der Waals surface area contributed by atoms with Crippen molar-refractivity contribution in [3.63, 3.8) is 0 Å². The topological polar surface area (TPSA) is 92.4 Å². The van der Waals surface area contributed by atoms with Gasteiger partial charge in [0, 0.05) is 6.54 Å². The highest BCUT2D eigenvalue weighted by atomic mass is 16.4. The number of hydrogen-bond acceptors (Lipinski definition) is 3. The zero-order valence-electron chi connectivity index (χ0n) is 10.4. The SMILES string of the molecule is CC(CCNC(=O)C(N)C(C)(C)C)C(=O)O. The van der Waals surface area contributed by atoms with Crippen molar-refractivity contribution in [3.8, 4) is 0 Å². The molecule has 16 heavy (non-hydrogen) atoms. The van der Waals surface area contributed by atoms with E-state index in [4.69, 9.17) is 10.8 Å². The second kappa shape index (κ2) is 5.84. The molecule has 0 fully saturated rings. The van der Waals surface area contributed by atoms with Gasteiger partial charge in [0.25, 0.3) is 0 Å². The first-order valence-electron chi connectivity index (χ1n) is 5.42. The summed E-state index contributed by atoms with van der Waals surface area (Å²) < 4.78 is 0. The molecule has 0 aromatic rings. The average Bonchev–Trinajstić information content (AvgIpc) is 2.14. The van der Waals surface area contributed by atoms with E-state index in [1.807, 2.05) is 20.8 Å². The Balaban J connectivity index is 3.96. The van der Waals surface area contributed by atoms with Gasteiger partial charge < -0.3 is 16.2 Å². The van der Waals surface area contributed by atoms with Crippen LogP contribution in [0.15, 0.2) is 0 Å². The minimum atomic E-state index is -0.852. The maximum atomic E-state index is 11.6. The van der Waals surface area contributed by atoms with Crippen molar-refractivity contribution in [1.29, 1.82) is 0 Å². The van der Waals surface area contributed by atoms with Gasteiger partial charge in [0.15, 0.2) is 0 Å². The predicted molar refractivity (Wildman–Crippen MR) is 61.9 cm³/mol. The molecule has 0 aliphatic rings. The van der Waals surface area contributed by atoms with E-state index >= 15 is 0 Å². The van der Waals surface area contributed by atoms with E-state index in [2.05, 4.69) is 5.32 Å². The molecule has 94 valence electrons. The van der Waals surface area contributed by atoms with Gasteiger partial charge in [0.2, 0.25) is 5.91 Å². The van der Waals surface area contributed by atoms with Crippen LogP contribution in [0.2, 0.25) is 0 Å². The molecule has 0 saturated heterocycles. The van der Waals surface area contributed by atoms with Crippen LogP contribution >= 0.6 is 0 Å². The van der Waals surface area contributed by atoms with Gasteiger partial charge >= 0.3 is 5.97 Å². The summed E-state index contributed by atoms with van der Waals surface area (Å²) in [5, 5.41) is 11.3. The third-order valence-corrected chi connectivity index (χ3v) is 2.51. The number of nitrogens with one attached hydrogen (secondary N) is 1. The molecule has 0 heterocycles. The molecule has 0 rings (SSSR count). The van der Waals surface area contributed by atoms with E-state index in [-0.39, 0.29) is 11.3 Å². The predicted octanol–water partition coefficient (Wildman–Crippen LogP) is 0.587. The van der Waals surface area contributed by atoms with E-state index < -0.39 is 17.9 Å². The third kappa shape index (κ3) is 5.11. The standard InChI is InChI=1S/C11H22N2O3/c1-7(10(15)16)5-6-13-9(14)8(12)11(2,3)4/h7-8H,5-6,12H2,1-4H3,(H,13,14)(H,15,16). The van der Waals surface area contributed by atoms with Crippen LogP contribution in [0.4, 0.5) is 0 Å². The number of amides is 1. The molecule has 4 N–H and O–H groups in total. The number of carbonyl (C=O) groups excluding carboxylic acids is 1. The van der Waals surface area contributed by atoms with Crippen molar-refractivity contribution in [3.05, 3.63) is 0 Å². The number of carboxylic acid groups (broad SMARTS) is 1. The van der Waals surface area contributed by atoms with E-state index in [1.165, 1.54) is 0 Å². The molecule has 5 heteroatoms. The molecule has 0 saturated carbocycles. The lowest BCUT2D eigenvalue weighted by atomic mass is 9.87. The average molecular weight is 230 g/mol. The van der Waals surface area contributed by atoms with Gasteiger partial charge in [-0.1, -0.05) is 27.7 Å². The Kier molecular flexibility index (Phi) is 5.44. The number of rotatable bonds is 5. The van der Waals surface area contributed by atoms with Gasteiger partial charge in [-0.15, -0.1) is 0 Å². The molecule has 0 radical (unpaired) electrons. The normalized spacial score (nSPS) is 15.3. The molecule has 2 unspecified atom stereocenters. The molecule has 2 atom stereocenters. The van der Waals surface area contributed by atoms with E-state index in [9.17, 15) is 9.59 Å². The molecular formula is C11H22N2O3. The second-order valence-corrected chi connectivity index (χ2v) is 5.16. The lowest BCUT2D eigenvalue weighted by Crippen LogP contribution is -2.48. The van der Waals surface area contributed by atoms with Gasteiger partial charge in [-0.05, 0) is 11.8 Å². The highest BCUT2D eigenvalue weighted by Gasteiger charge is 2.27. The van der Waals surface area contributed by atoms with Crippen molar-refractivity contribution < 1.29 is 14.7 Å². The van der Waals surface area contributed by atoms with Crippen LogP contribution in [0, 0.1) is 11.3 Å². The zero-order valence-corrected chi connectivity index (χ0v) is 10.4. The molecule has 0 aromatic heterocycles. The van der Waals surface area contributed by atoms with Crippen LogP contribution < -0.4 is 11.1 Å². The van der Waals surface area contributed by atoms with Crippen LogP contribution in [0.1, 0.15) is 34.1 Å². The number of carboxylic acids is 1. The maximum absolute atomic E-state index is 11.6. The van der Waals surface area contributed by atoms with Crippen molar-refractivity contribution in [2.45, 2.75) is 40.2 Å². The van der Waals surface area contributed by atoms with Crippen LogP contribution in [0.5, 0.6) is 0 Å². The highest BCUT2D eigenvalue weighted by molar-refractivity contribution is 5.82. The fourth-order valence-electron chi connectivity index (χ4n) is 1.04. The first kappa shape index (κ1) is 14.9. The summed E-state index contributed by atoms with van der Waals surface area (Å²) in [4.78, 5) is 22.1. The Morgan fingerprint density at radius 1 is 1.38 bits per heavy atom. The first-order valence-corrected chi connectivity index (χ1v) is 5.42. The lowest BCUT2D eigenvalue weighted by molar-refractivity contribution is -0.141. The van der Waals surface area contributed by atoms with E-state index in [0.717, 1.165) is 0 Å². The van der Waals surface area contributed by atoms with Gasteiger partial charge in [-0.3, -0.25) is 9.59 Å². The Bertz CT molecular complexity index is 258. The summed E-state index contributed by atoms with van der Waals surface area (Å²) in [6, 6.07) is -0.576. The van der Waals surface area contributed by atoms with Crippen LogP contribution in [0.25, 0.3) is 0 Å². The first-order chi connectivity index (χ1) is 7.16.